The lowest BCUT2D eigenvalue weighted by Gasteiger charge is -2.11. The van der Waals surface area contributed by atoms with Crippen LogP contribution in [0.1, 0.15) is 25.8 Å². The summed E-state index contributed by atoms with van der Waals surface area (Å²) in [7, 11) is 0. The van der Waals surface area contributed by atoms with Crippen molar-refractivity contribution < 1.29 is 42.0 Å². The number of hydrogen-bond acceptors (Lipinski definition) is 7. The number of carbonyl (C=O) groups is 1. The molecule has 0 saturated carbocycles. The van der Waals surface area contributed by atoms with Crippen molar-refractivity contribution in [3.63, 3.8) is 0 Å². The van der Waals surface area contributed by atoms with Crippen LogP contribution in [0, 0.1) is 0 Å². The Morgan fingerprint density at radius 2 is 1.35 bits per heavy atom. The van der Waals surface area contributed by atoms with Gasteiger partial charge in [0.2, 0.25) is 0 Å². The molecular weight excluding hydrogens is 547 g/mol. The van der Waals surface area contributed by atoms with Crippen molar-refractivity contribution in [2.45, 2.75) is 45.9 Å². The minimum Gasteiger partial charge on any atom is -0.491 e. The summed E-state index contributed by atoms with van der Waals surface area (Å²) in [6, 6.07) is 19.6. The first-order valence-corrected chi connectivity index (χ1v) is 13.0. The van der Waals surface area contributed by atoms with E-state index in [1.165, 1.54) is 30.4 Å². The van der Waals surface area contributed by atoms with E-state index in [0.29, 0.717) is 33.5 Å². The lowest BCUT2D eigenvalue weighted by atomic mass is 10.1. The van der Waals surface area contributed by atoms with Crippen molar-refractivity contribution in [3.05, 3.63) is 77.8 Å². The Labute approximate surface area is 232 Å². The molecule has 1 atom stereocenters. The number of alkyl halides is 3. The third-order valence-electron chi connectivity index (χ3n) is 5.37. The van der Waals surface area contributed by atoms with Crippen LogP contribution in [0.4, 0.5) is 13.2 Å². The topological polar surface area (TPSA) is 87.1 Å². The average molecular weight is 574 g/mol. The number of nitrogens with zero attached hydrogens (tertiary/aromatic N) is 1. The largest absolute Gasteiger partial charge is 0.573 e. The van der Waals surface area contributed by atoms with Gasteiger partial charge in [-0.2, -0.15) is 0 Å². The van der Waals surface area contributed by atoms with Gasteiger partial charge >= 0.3 is 12.3 Å². The molecule has 40 heavy (non-hydrogen) atoms. The first-order valence-electron chi connectivity index (χ1n) is 12.2. The molecule has 0 aliphatic rings. The molecule has 0 bridgehead atoms. The number of benzene rings is 3. The Morgan fingerprint density at radius 1 is 0.825 bits per heavy atom. The van der Waals surface area contributed by atoms with Gasteiger partial charge in [0.25, 0.3) is 0 Å². The molecule has 0 aliphatic carbocycles. The molecular formula is C29H26F3NO6S. The van der Waals surface area contributed by atoms with Crippen LogP contribution in [-0.4, -0.2) is 34.6 Å². The third kappa shape index (κ3) is 7.89. The van der Waals surface area contributed by atoms with Crippen LogP contribution in [0.2, 0.25) is 0 Å². The molecule has 1 N–H and O–H groups in total. The predicted octanol–water partition coefficient (Wildman–Crippen LogP) is 7.59. The van der Waals surface area contributed by atoms with Crippen molar-refractivity contribution >= 4 is 17.3 Å². The highest BCUT2D eigenvalue weighted by atomic mass is 32.1. The molecule has 210 valence electrons. The van der Waals surface area contributed by atoms with Gasteiger partial charge in [0, 0.05) is 5.56 Å². The molecule has 0 radical (unpaired) electrons. The van der Waals surface area contributed by atoms with Crippen LogP contribution in [0.15, 0.2) is 72.8 Å². The lowest BCUT2D eigenvalue weighted by molar-refractivity contribution is -0.274. The van der Waals surface area contributed by atoms with Crippen LogP contribution in [0.25, 0.3) is 21.7 Å². The second-order valence-corrected chi connectivity index (χ2v) is 9.99. The summed E-state index contributed by atoms with van der Waals surface area (Å²) in [5.74, 6) is 0.242. The molecule has 11 heteroatoms. The van der Waals surface area contributed by atoms with E-state index in [1.807, 2.05) is 38.1 Å². The molecule has 7 nitrogen and oxygen atoms in total. The van der Waals surface area contributed by atoms with Crippen LogP contribution < -0.4 is 18.9 Å². The zero-order valence-corrected chi connectivity index (χ0v) is 22.6. The van der Waals surface area contributed by atoms with Gasteiger partial charge in [-0.05, 0) is 99.1 Å². The second kappa shape index (κ2) is 12.3. The van der Waals surface area contributed by atoms with Gasteiger partial charge in [0.1, 0.15) is 34.6 Å². The monoisotopic (exact) mass is 573 g/mol. The average Bonchev–Trinajstić information content (AvgIpc) is 3.32. The Morgan fingerprint density at radius 3 is 1.93 bits per heavy atom. The zero-order chi connectivity index (χ0) is 28.9. The summed E-state index contributed by atoms with van der Waals surface area (Å²) >= 11 is 1.35. The van der Waals surface area contributed by atoms with Gasteiger partial charge in [0.05, 0.1) is 16.7 Å². The number of hydrogen-bond donors (Lipinski definition) is 1. The van der Waals surface area contributed by atoms with E-state index in [2.05, 4.69) is 4.74 Å². The molecule has 1 unspecified atom stereocenters. The molecule has 1 heterocycles. The molecule has 3 aromatic carbocycles. The van der Waals surface area contributed by atoms with E-state index in [1.54, 1.807) is 36.4 Å². The number of carboxylic acid groups (broad SMARTS) is 1. The number of ether oxygens (including phenoxy) is 4. The van der Waals surface area contributed by atoms with E-state index in [4.69, 9.17) is 24.3 Å². The molecule has 0 spiro atoms. The van der Waals surface area contributed by atoms with E-state index < -0.39 is 18.4 Å². The number of halogens is 3. The minimum atomic E-state index is -4.78. The molecule has 4 rings (SSSR count). The normalized spacial score (nSPS) is 12.2. The highest BCUT2D eigenvalue weighted by molar-refractivity contribution is 7.15. The first-order chi connectivity index (χ1) is 19.0. The second-order valence-electron chi connectivity index (χ2n) is 8.91. The predicted molar refractivity (Wildman–Crippen MR) is 144 cm³/mol. The number of aromatic nitrogens is 1. The summed E-state index contributed by atoms with van der Waals surface area (Å²) < 4.78 is 58.8. The maximum Gasteiger partial charge on any atom is 0.573 e. The van der Waals surface area contributed by atoms with Crippen LogP contribution in [-0.2, 0) is 11.4 Å². The number of carboxylic acids is 1. The molecule has 1 aromatic heterocycles. The molecule has 4 aromatic rings. The van der Waals surface area contributed by atoms with E-state index in [0.717, 1.165) is 10.4 Å². The van der Waals surface area contributed by atoms with Crippen molar-refractivity contribution in [1.82, 2.24) is 4.98 Å². The van der Waals surface area contributed by atoms with E-state index in [9.17, 15) is 18.0 Å². The van der Waals surface area contributed by atoms with Crippen LogP contribution in [0.5, 0.6) is 23.0 Å². The fourth-order valence-electron chi connectivity index (χ4n) is 3.60. The minimum absolute atomic E-state index is 0.0167. The van der Waals surface area contributed by atoms with Gasteiger partial charge < -0.3 is 24.1 Å². The molecule has 0 saturated heterocycles. The Balaban J connectivity index is 1.57. The molecule has 0 amide bonds. The summed E-state index contributed by atoms with van der Waals surface area (Å²) in [6.07, 6.45) is -5.75. The molecule has 0 aliphatic heterocycles. The maximum absolute atomic E-state index is 12.6. The van der Waals surface area contributed by atoms with Gasteiger partial charge in [-0.25, -0.2) is 9.78 Å². The van der Waals surface area contributed by atoms with Crippen LogP contribution >= 0.6 is 11.3 Å². The fourth-order valence-corrected chi connectivity index (χ4v) is 4.61. The standard InChI is InChI=1S/C29H26F3NO6S/c1-17(2)37-22-8-4-19(5-9-22)26-27(20-6-10-24(11-7-20)39-29(30,31)32)40-25(33-26)16-36-21-12-14-23(15-13-21)38-18(3)28(34)35/h4-15,17-18H,16H2,1-3H3,(H,34,35). The Hall–Kier alpha value is -4.25. The van der Waals surface area contributed by atoms with Gasteiger partial charge in [0.15, 0.2) is 6.10 Å². The summed E-state index contributed by atoms with van der Waals surface area (Å²) in [4.78, 5) is 16.5. The summed E-state index contributed by atoms with van der Waals surface area (Å²) in [5.41, 5.74) is 2.12. The SMILES string of the molecule is CC(C)Oc1ccc(-c2nc(COc3ccc(OC(C)C(=O)O)cc3)sc2-c2ccc(OC(F)(F)F)cc2)cc1. The highest BCUT2D eigenvalue weighted by Gasteiger charge is 2.31. The van der Waals surface area contributed by atoms with Crippen LogP contribution in [0.3, 0.4) is 0 Å². The number of thiazole rings is 1. The summed E-state index contributed by atoms with van der Waals surface area (Å²) in [6.45, 7) is 5.43. The Kier molecular flexibility index (Phi) is 8.83. The zero-order valence-electron chi connectivity index (χ0n) is 21.8. The lowest BCUT2D eigenvalue weighted by Crippen LogP contribution is -2.22. The quantitative estimate of drug-likeness (QED) is 0.198. The van der Waals surface area contributed by atoms with Gasteiger partial charge in [-0.3, -0.25) is 0 Å². The smallest absolute Gasteiger partial charge is 0.491 e. The summed E-state index contributed by atoms with van der Waals surface area (Å²) in [5, 5.41) is 9.63. The first kappa shape index (κ1) is 28.8. The van der Waals surface area contributed by atoms with Crippen molar-refractivity contribution in [1.29, 1.82) is 0 Å². The van der Waals surface area contributed by atoms with Crippen molar-refractivity contribution in [2.24, 2.45) is 0 Å². The van der Waals surface area contributed by atoms with Crippen molar-refractivity contribution in [3.8, 4) is 44.7 Å². The number of rotatable bonds is 11. The maximum atomic E-state index is 12.6. The molecule has 0 fully saturated rings. The fraction of sp³-hybridized carbons (Fsp3) is 0.241. The van der Waals surface area contributed by atoms with E-state index >= 15 is 0 Å². The van der Waals surface area contributed by atoms with Gasteiger partial charge in [-0.1, -0.05) is 0 Å². The van der Waals surface area contributed by atoms with Gasteiger partial charge in [-0.15, -0.1) is 24.5 Å². The third-order valence-corrected chi connectivity index (χ3v) is 6.45. The number of aliphatic carboxylic acids is 1. The van der Waals surface area contributed by atoms with E-state index in [-0.39, 0.29) is 18.5 Å². The highest BCUT2D eigenvalue weighted by Crippen LogP contribution is 2.39. The van der Waals surface area contributed by atoms with Crippen molar-refractivity contribution in [2.75, 3.05) is 0 Å². The Bertz CT molecular complexity index is 1420.